The zero-order valence-electron chi connectivity index (χ0n) is 6.46. The second kappa shape index (κ2) is 2.90. The zero-order chi connectivity index (χ0) is 7.56. The topological polar surface area (TPSA) is 29.5 Å². The van der Waals surface area contributed by atoms with Gasteiger partial charge in [-0.25, -0.2) is 4.79 Å². The summed E-state index contributed by atoms with van der Waals surface area (Å²) >= 11 is 0. The van der Waals surface area contributed by atoms with E-state index in [1.807, 2.05) is 0 Å². The van der Waals surface area contributed by atoms with Crippen molar-refractivity contribution in [3.63, 3.8) is 0 Å². The van der Waals surface area contributed by atoms with Gasteiger partial charge in [-0.2, -0.15) is 0 Å². The summed E-state index contributed by atoms with van der Waals surface area (Å²) in [6.45, 7) is 2.85. The number of ether oxygens (including phenoxy) is 1. The molecule has 3 heteroatoms. The largest absolute Gasteiger partial charge is 0.444 e. The molecule has 1 heterocycles. The summed E-state index contributed by atoms with van der Waals surface area (Å²) in [7, 11) is 1.76. The first-order chi connectivity index (χ1) is 4.74. The molecule has 58 valence electrons. The molecule has 1 aliphatic rings. The normalized spacial score (nSPS) is 25.2. The Morgan fingerprint density at radius 2 is 2.50 bits per heavy atom. The van der Waals surface area contributed by atoms with Crippen molar-refractivity contribution in [1.29, 1.82) is 0 Å². The lowest BCUT2D eigenvalue weighted by Gasteiger charge is -2.03. The van der Waals surface area contributed by atoms with Crippen LogP contribution in [0.3, 0.4) is 0 Å². The molecule has 0 radical (unpaired) electrons. The summed E-state index contributed by atoms with van der Waals surface area (Å²) in [5, 5.41) is 0. The summed E-state index contributed by atoms with van der Waals surface area (Å²) < 4.78 is 5.00. The van der Waals surface area contributed by atoms with Gasteiger partial charge in [-0.3, -0.25) is 0 Å². The van der Waals surface area contributed by atoms with Crippen LogP contribution >= 0.6 is 0 Å². The molecule has 1 fully saturated rings. The highest BCUT2D eigenvalue weighted by Gasteiger charge is 2.26. The Hall–Kier alpha value is -0.730. The Bertz CT molecular complexity index is 136. The molecule has 0 aromatic heterocycles. The van der Waals surface area contributed by atoms with Crippen molar-refractivity contribution in [2.75, 3.05) is 13.6 Å². The number of hydrogen-bond acceptors (Lipinski definition) is 2. The van der Waals surface area contributed by atoms with Crippen LogP contribution in [0.4, 0.5) is 4.79 Å². The van der Waals surface area contributed by atoms with Gasteiger partial charge in [0.15, 0.2) is 0 Å². The fourth-order valence-electron chi connectivity index (χ4n) is 1.12. The number of likely N-dealkylation sites (N-methyl/N-ethyl adjacent to an activating group) is 1. The van der Waals surface area contributed by atoms with Crippen molar-refractivity contribution in [3.05, 3.63) is 0 Å². The fraction of sp³-hybridized carbons (Fsp3) is 0.857. The van der Waals surface area contributed by atoms with E-state index in [2.05, 4.69) is 6.92 Å². The number of nitrogens with zero attached hydrogens (tertiary/aromatic N) is 1. The first-order valence-corrected chi connectivity index (χ1v) is 3.65. The molecule has 0 bridgehead atoms. The summed E-state index contributed by atoms with van der Waals surface area (Å²) in [4.78, 5) is 12.4. The molecule has 0 aromatic rings. The molecule has 0 spiro atoms. The van der Waals surface area contributed by atoms with Crippen LogP contribution in [0.25, 0.3) is 0 Å². The van der Waals surface area contributed by atoms with E-state index in [0.717, 1.165) is 19.4 Å². The molecule has 1 rings (SSSR count). The second-order valence-electron chi connectivity index (χ2n) is 2.67. The number of carbonyl (C=O) groups excluding carboxylic acids is 1. The van der Waals surface area contributed by atoms with Gasteiger partial charge >= 0.3 is 6.09 Å². The van der Waals surface area contributed by atoms with Crippen LogP contribution in [0.1, 0.15) is 19.8 Å². The molecule has 1 saturated heterocycles. The number of carbonyl (C=O) groups is 1. The van der Waals surface area contributed by atoms with E-state index in [1.165, 1.54) is 0 Å². The Morgan fingerprint density at radius 3 is 2.90 bits per heavy atom. The summed E-state index contributed by atoms with van der Waals surface area (Å²) in [5.41, 5.74) is 0. The van der Waals surface area contributed by atoms with Gasteiger partial charge in [0.2, 0.25) is 0 Å². The van der Waals surface area contributed by atoms with Crippen molar-refractivity contribution < 1.29 is 9.53 Å². The third kappa shape index (κ3) is 1.40. The highest BCUT2D eigenvalue weighted by Crippen LogP contribution is 2.12. The Morgan fingerprint density at radius 1 is 1.80 bits per heavy atom. The zero-order valence-corrected chi connectivity index (χ0v) is 6.46. The lowest BCUT2D eigenvalue weighted by molar-refractivity contribution is 0.130. The van der Waals surface area contributed by atoms with E-state index in [0.29, 0.717) is 0 Å². The number of hydrogen-bond donors (Lipinski definition) is 0. The maximum atomic E-state index is 10.8. The van der Waals surface area contributed by atoms with Gasteiger partial charge in [-0.1, -0.05) is 13.3 Å². The van der Waals surface area contributed by atoms with Gasteiger partial charge in [0.1, 0.15) is 6.10 Å². The Kier molecular flexibility index (Phi) is 2.14. The van der Waals surface area contributed by atoms with Gasteiger partial charge in [-0.05, 0) is 6.42 Å². The van der Waals surface area contributed by atoms with Crippen LogP contribution in [0.2, 0.25) is 0 Å². The number of rotatable bonds is 2. The van der Waals surface area contributed by atoms with Gasteiger partial charge in [0, 0.05) is 7.05 Å². The van der Waals surface area contributed by atoms with Crippen molar-refractivity contribution in [2.24, 2.45) is 0 Å². The highest BCUT2D eigenvalue weighted by atomic mass is 16.6. The van der Waals surface area contributed by atoms with E-state index >= 15 is 0 Å². The molecule has 0 unspecified atom stereocenters. The molecular weight excluding hydrogens is 130 g/mol. The van der Waals surface area contributed by atoms with Crippen molar-refractivity contribution in [1.82, 2.24) is 4.90 Å². The predicted molar refractivity (Wildman–Crippen MR) is 37.8 cm³/mol. The van der Waals surface area contributed by atoms with E-state index < -0.39 is 0 Å². The molecule has 10 heavy (non-hydrogen) atoms. The Balaban J connectivity index is 2.34. The average molecular weight is 143 g/mol. The van der Waals surface area contributed by atoms with Crippen LogP contribution in [-0.2, 0) is 4.74 Å². The Labute approximate surface area is 61.0 Å². The minimum Gasteiger partial charge on any atom is -0.444 e. The lowest BCUT2D eigenvalue weighted by atomic mass is 10.2. The standard InChI is InChI=1S/C7H13NO2/c1-3-4-6-5-8(2)7(9)10-6/h6H,3-5H2,1-2H3/t6-/m0/s1. The number of amides is 1. The number of cyclic esters (lactones) is 1. The van der Waals surface area contributed by atoms with Gasteiger partial charge < -0.3 is 9.64 Å². The molecule has 0 N–H and O–H groups in total. The fourth-order valence-corrected chi connectivity index (χ4v) is 1.12. The van der Waals surface area contributed by atoms with E-state index in [1.54, 1.807) is 11.9 Å². The predicted octanol–water partition coefficient (Wildman–Crippen LogP) is 1.24. The SMILES string of the molecule is CCC[C@H]1CN(C)C(=O)O1. The molecule has 0 aliphatic carbocycles. The van der Waals surface area contributed by atoms with Crippen LogP contribution in [0.5, 0.6) is 0 Å². The molecule has 1 atom stereocenters. The summed E-state index contributed by atoms with van der Waals surface area (Å²) in [6, 6.07) is 0. The first kappa shape index (κ1) is 7.38. The summed E-state index contributed by atoms with van der Waals surface area (Å²) in [6.07, 6.45) is 2.02. The maximum Gasteiger partial charge on any atom is 0.409 e. The van der Waals surface area contributed by atoms with Gasteiger partial charge in [-0.15, -0.1) is 0 Å². The molecular formula is C7H13NO2. The smallest absolute Gasteiger partial charge is 0.409 e. The van der Waals surface area contributed by atoms with Gasteiger partial charge in [0.05, 0.1) is 6.54 Å². The molecule has 3 nitrogen and oxygen atoms in total. The monoisotopic (exact) mass is 143 g/mol. The third-order valence-corrected chi connectivity index (χ3v) is 1.67. The average Bonchev–Trinajstić information content (AvgIpc) is 2.14. The molecule has 0 saturated carbocycles. The molecule has 1 amide bonds. The van der Waals surface area contributed by atoms with Crippen LogP contribution in [0, 0.1) is 0 Å². The molecule has 0 aromatic carbocycles. The highest BCUT2D eigenvalue weighted by molar-refractivity contribution is 5.69. The minimum absolute atomic E-state index is 0.141. The quantitative estimate of drug-likeness (QED) is 0.582. The van der Waals surface area contributed by atoms with Crippen LogP contribution < -0.4 is 0 Å². The van der Waals surface area contributed by atoms with Crippen LogP contribution in [-0.4, -0.2) is 30.7 Å². The van der Waals surface area contributed by atoms with E-state index in [9.17, 15) is 4.79 Å². The van der Waals surface area contributed by atoms with E-state index in [-0.39, 0.29) is 12.2 Å². The van der Waals surface area contributed by atoms with E-state index in [4.69, 9.17) is 4.74 Å². The van der Waals surface area contributed by atoms with Crippen molar-refractivity contribution in [3.8, 4) is 0 Å². The second-order valence-corrected chi connectivity index (χ2v) is 2.67. The third-order valence-electron chi connectivity index (χ3n) is 1.67. The lowest BCUT2D eigenvalue weighted by Crippen LogP contribution is -2.19. The maximum absolute atomic E-state index is 10.8. The van der Waals surface area contributed by atoms with Crippen molar-refractivity contribution >= 4 is 6.09 Å². The first-order valence-electron chi connectivity index (χ1n) is 3.65. The summed E-state index contributed by atoms with van der Waals surface area (Å²) in [5.74, 6) is 0. The minimum atomic E-state index is -0.182. The van der Waals surface area contributed by atoms with Crippen molar-refractivity contribution in [2.45, 2.75) is 25.9 Å². The van der Waals surface area contributed by atoms with Gasteiger partial charge in [0.25, 0.3) is 0 Å². The molecule has 1 aliphatic heterocycles. The van der Waals surface area contributed by atoms with Crippen LogP contribution in [0.15, 0.2) is 0 Å².